The molecular weight excluding hydrogens is 273 g/mol. The van der Waals surface area contributed by atoms with Gasteiger partial charge < -0.3 is 14.4 Å². The molecule has 6 heteroatoms. The van der Waals surface area contributed by atoms with Crippen LogP contribution < -0.4 is 4.90 Å². The van der Waals surface area contributed by atoms with E-state index in [1.807, 2.05) is 18.9 Å². The highest BCUT2D eigenvalue weighted by Crippen LogP contribution is 2.38. The molecule has 0 aromatic carbocycles. The number of hydrogen-bond donors (Lipinski definition) is 0. The number of nitrogens with zero attached hydrogens (tertiary/aromatic N) is 3. The van der Waals surface area contributed by atoms with Crippen molar-refractivity contribution in [1.82, 2.24) is 9.97 Å². The Hall–Kier alpha value is -1.27. The molecule has 0 radical (unpaired) electrons. The molecule has 1 aliphatic carbocycles. The van der Waals surface area contributed by atoms with Crippen molar-refractivity contribution in [3.8, 4) is 0 Å². The van der Waals surface area contributed by atoms with E-state index in [2.05, 4.69) is 9.97 Å². The summed E-state index contributed by atoms with van der Waals surface area (Å²) in [5.74, 6) is -0.275. The number of ether oxygens (including phenoxy) is 2. The lowest BCUT2D eigenvalue weighted by Gasteiger charge is -2.39. The fourth-order valence-corrected chi connectivity index (χ4v) is 3.28. The van der Waals surface area contributed by atoms with Gasteiger partial charge in [-0.15, -0.1) is 0 Å². The maximum Gasteiger partial charge on any atom is 0.187 e. The zero-order valence-corrected chi connectivity index (χ0v) is 12.6. The molecule has 1 saturated heterocycles. The topological polar surface area (TPSA) is 47.5 Å². The fourth-order valence-electron chi connectivity index (χ4n) is 3.28. The van der Waals surface area contributed by atoms with Crippen molar-refractivity contribution in [2.45, 2.75) is 50.9 Å². The molecule has 5 nitrogen and oxygen atoms in total. The SMILES string of the molecule is CCc1ncnc(N(C)C2CCC3(CC2)OCCO3)c1F. The first-order valence-electron chi connectivity index (χ1n) is 7.65. The molecule has 3 rings (SSSR count). The van der Waals surface area contributed by atoms with Gasteiger partial charge in [0.2, 0.25) is 0 Å². The van der Waals surface area contributed by atoms with Crippen molar-refractivity contribution in [3.05, 3.63) is 17.8 Å². The van der Waals surface area contributed by atoms with Crippen LogP contribution in [0, 0.1) is 5.82 Å². The lowest BCUT2D eigenvalue weighted by Crippen LogP contribution is -2.43. The quantitative estimate of drug-likeness (QED) is 0.856. The zero-order valence-electron chi connectivity index (χ0n) is 12.6. The van der Waals surface area contributed by atoms with Gasteiger partial charge in [-0.3, -0.25) is 0 Å². The van der Waals surface area contributed by atoms with Gasteiger partial charge in [-0.05, 0) is 19.3 Å². The van der Waals surface area contributed by atoms with Crippen LogP contribution in [0.3, 0.4) is 0 Å². The third-order valence-electron chi connectivity index (χ3n) is 4.59. The summed E-state index contributed by atoms with van der Waals surface area (Å²) in [7, 11) is 1.91. The monoisotopic (exact) mass is 295 g/mol. The number of halogens is 1. The summed E-state index contributed by atoms with van der Waals surface area (Å²) in [6.07, 6.45) is 5.57. The van der Waals surface area contributed by atoms with Crippen LogP contribution in [0.2, 0.25) is 0 Å². The fraction of sp³-hybridized carbons (Fsp3) is 0.733. The molecule has 0 unspecified atom stereocenters. The third-order valence-corrected chi connectivity index (χ3v) is 4.59. The minimum atomic E-state index is -0.379. The Bertz CT molecular complexity index is 496. The number of rotatable bonds is 3. The third kappa shape index (κ3) is 2.74. The Morgan fingerprint density at radius 1 is 1.29 bits per heavy atom. The van der Waals surface area contributed by atoms with Crippen molar-refractivity contribution < 1.29 is 13.9 Å². The lowest BCUT2D eigenvalue weighted by atomic mass is 9.89. The molecule has 1 saturated carbocycles. The number of hydrogen-bond acceptors (Lipinski definition) is 5. The van der Waals surface area contributed by atoms with E-state index in [1.165, 1.54) is 6.33 Å². The van der Waals surface area contributed by atoms with Gasteiger partial charge in [0.1, 0.15) is 6.33 Å². The summed E-state index contributed by atoms with van der Waals surface area (Å²) in [4.78, 5) is 10.1. The highest BCUT2D eigenvalue weighted by Gasteiger charge is 2.41. The molecule has 116 valence electrons. The molecule has 0 N–H and O–H groups in total. The van der Waals surface area contributed by atoms with Crippen molar-refractivity contribution in [1.29, 1.82) is 0 Å². The molecule has 0 amide bonds. The van der Waals surface area contributed by atoms with Gasteiger partial charge in [0.05, 0.1) is 18.9 Å². The van der Waals surface area contributed by atoms with Gasteiger partial charge in [-0.1, -0.05) is 6.92 Å². The Labute approximate surface area is 124 Å². The molecule has 0 bridgehead atoms. The van der Waals surface area contributed by atoms with Crippen LogP contribution in [0.25, 0.3) is 0 Å². The predicted octanol–water partition coefficient (Wildman–Crippen LogP) is 2.30. The van der Waals surface area contributed by atoms with Crippen LogP contribution >= 0.6 is 0 Å². The van der Waals surface area contributed by atoms with E-state index in [-0.39, 0.29) is 17.6 Å². The van der Waals surface area contributed by atoms with Crippen LogP contribution in [0.1, 0.15) is 38.3 Å². The average molecular weight is 295 g/mol. The minimum absolute atomic E-state index is 0.262. The highest BCUT2D eigenvalue weighted by atomic mass is 19.1. The zero-order chi connectivity index (χ0) is 14.9. The van der Waals surface area contributed by atoms with Gasteiger partial charge in [0, 0.05) is 25.9 Å². The number of anilines is 1. The summed E-state index contributed by atoms with van der Waals surface area (Å²) in [5.41, 5.74) is 0.474. The first-order chi connectivity index (χ1) is 10.2. The number of aryl methyl sites for hydroxylation is 1. The van der Waals surface area contributed by atoms with Gasteiger partial charge in [-0.2, -0.15) is 0 Å². The van der Waals surface area contributed by atoms with Crippen LogP contribution in [-0.4, -0.2) is 42.1 Å². The van der Waals surface area contributed by atoms with E-state index < -0.39 is 0 Å². The predicted molar refractivity (Wildman–Crippen MR) is 76.7 cm³/mol. The van der Waals surface area contributed by atoms with E-state index in [0.717, 1.165) is 25.7 Å². The van der Waals surface area contributed by atoms with Gasteiger partial charge in [-0.25, -0.2) is 14.4 Å². The van der Waals surface area contributed by atoms with E-state index in [0.29, 0.717) is 31.1 Å². The molecule has 1 aromatic rings. The average Bonchev–Trinajstić information content (AvgIpc) is 2.96. The molecule has 1 spiro atoms. The second-order valence-electron chi connectivity index (χ2n) is 5.76. The van der Waals surface area contributed by atoms with Gasteiger partial charge >= 0.3 is 0 Å². The first kappa shape index (κ1) is 14.7. The summed E-state index contributed by atoms with van der Waals surface area (Å²) in [6.45, 7) is 3.26. The first-order valence-corrected chi connectivity index (χ1v) is 7.65. The molecule has 1 aromatic heterocycles. The van der Waals surface area contributed by atoms with E-state index in [9.17, 15) is 4.39 Å². The van der Waals surface area contributed by atoms with Crippen LogP contribution in [0.5, 0.6) is 0 Å². The van der Waals surface area contributed by atoms with Crippen molar-refractivity contribution in [2.24, 2.45) is 0 Å². The van der Waals surface area contributed by atoms with E-state index in [1.54, 1.807) is 0 Å². The Morgan fingerprint density at radius 2 is 1.95 bits per heavy atom. The molecule has 1 aliphatic heterocycles. The maximum absolute atomic E-state index is 14.4. The number of aromatic nitrogens is 2. The molecule has 2 heterocycles. The molecule has 21 heavy (non-hydrogen) atoms. The van der Waals surface area contributed by atoms with Crippen LogP contribution in [0.4, 0.5) is 10.2 Å². The smallest absolute Gasteiger partial charge is 0.187 e. The minimum Gasteiger partial charge on any atom is -0.354 e. The molecule has 2 aliphatic rings. The molecular formula is C15H22FN3O2. The van der Waals surface area contributed by atoms with Crippen LogP contribution in [-0.2, 0) is 15.9 Å². The van der Waals surface area contributed by atoms with Gasteiger partial charge in [0.15, 0.2) is 17.4 Å². The summed E-state index contributed by atoms with van der Waals surface area (Å²) < 4.78 is 25.8. The largest absolute Gasteiger partial charge is 0.354 e. The van der Waals surface area contributed by atoms with Gasteiger partial charge in [0.25, 0.3) is 0 Å². The highest BCUT2D eigenvalue weighted by molar-refractivity contribution is 5.41. The summed E-state index contributed by atoms with van der Waals surface area (Å²) in [5, 5.41) is 0. The van der Waals surface area contributed by atoms with Crippen molar-refractivity contribution in [3.63, 3.8) is 0 Å². The summed E-state index contributed by atoms with van der Waals surface area (Å²) in [6, 6.07) is 0.262. The molecule has 2 fully saturated rings. The lowest BCUT2D eigenvalue weighted by molar-refractivity contribution is -0.178. The van der Waals surface area contributed by atoms with Crippen molar-refractivity contribution >= 4 is 5.82 Å². The van der Waals surface area contributed by atoms with E-state index in [4.69, 9.17) is 9.47 Å². The van der Waals surface area contributed by atoms with E-state index >= 15 is 0 Å². The Kier molecular flexibility index (Phi) is 4.08. The summed E-state index contributed by atoms with van der Waals surface area (Å²) >= 11 is 0. The standard InChI is InChI=1S/C15H22FN3O2/c1-3-12-13(16)14(18-10-17-12)19(2)11-4-6-15(7-5-11)20-8-9-21-15/h10-11H,3-9H2,1-2H3. The molecule has 0 atom stereocenters. The Morgan fingerprint density at radius 3 is 2.57 bits per heavy atom. The second-order valence-corrected chi connectivity index (χ2v) is 5.76. The van der Waals surface area contributed by atoms with Crippen molar-refractivity contribution in [2.75, 3.05) is 25.2 Å². The second kappa shape index (κ2) is 5.85. The van der Waals surface area contributed by atoms with Crippen LogP contribution in [0.15, 0.2) is 6.33 Å². The maximum atomic E-state index is 14.4. The Balaban J connectivity index is 1.70. The normalized spacial score (nSPS) is 21.9.